The van der Waals surface area contributed by atoms with Crippen LogP contribution in [-0.2, 0) is 14.3 Å². The predicted octanol–water partition coefficient (Wildman–Crippen LogP) is 9.17. The number of carbonyl (C=O) groups excluding carboxylic acids is 2. The van der Waals surface area contributed by atoms with Gasteiger partial charge in [-0.05, 0) is 158 Å². The number of allylic oxidation sites excluding steroid dienone is 1. The number of nitrogens with one attached hydrogen (secondary N) is 1. The minimum atomic E-state index is -0.348. The van der Waals surface area contributed by atoms with Gasteiger partial charge in [-0.3, -0.25) is 9.59 Å². The van der Waals surface area contributed by atoms with Gasteiger partial charge < -0.3 is 26.4 Å². The summed E-state index contributed by atoms with van der Waals surface area (Å²) in [7, 11) is 0. The lowest BCUT2D eigenvalue weighted by Crippen LogP contribution is -2.51. The zero-order chi connectivity index (χ0) is 38.3. The standard InChI is InChI=1S/C45H82N4O3/c1-32(2)13-12-14-33(3)37-17-18-38-36-16-15-34-31-35(21-23-44(34,8)39(36)22-24-45(37,38)9)52-41(51)20-19-40(50)49(30-26-43(6,7)47)29-11-10-27-48-28-25-42(4,5)46/h15,32-33,35-39,48H,10-14,16-31,46-47H2,1-9H3. The summed E-state index contributed by atoms with van der Waals surface area (Å²) in [6, 6.07) is 0. The third-order valence-corrected chi connectivity index (χ3v) is 14.5. The predicted molar refractivity (Wildman–Crippen MR) is 217 cm³/mol. The van der Waals surface area contributed by atoms with Crippen molar-refractivity contribution in [2.45, 2.75) is 189 Å². The molecule has 0 aromatic heterocycles. The van der Waals surface area contributed by atoms with Crippen molar-refractivity contribution in [1.29, 1.82) is 0 Å². The molecule has 0 aromatic rings. The van der Waals surface area contributed by atoms with Crippen LogP contribution in [0.5, 0.6) is 0 Å². The molecule has 4 aliphatic rings. The van der Waals surface area contributed by atoms with Crippen LogP contribution in [0.25, 0.3) is 0 Å². The molecule has 3 saturated carbocycles. The Kier molecular flexibility index (Phi) is 15.4. The number of amides is 1. The lowest BCUT2D eigenvalue weighted by Gasteiger charge is -2.58. The highest BCUT2D eigenvalue weighted by Crippen LogP contribution is 2.67. The van der Waals surface area contributed by atoms with Gasteiger partial charge in [0, 0.05) is 37.0 Å². The highest BCUT2D eigenvalue weighted by Gasteiger charge is 2.59. The Morgan fingerprint density at radius 2 is 1.62 bits per heavy atom. The molecule has 4 aliphatic carbocycles. The van der Waals surface area contributed by atoms with Crippen LogP contribution >= 0.6 is 0 Å². The van der Waals surface area contributed by atoms with Crippen LogP contribution in [0.4, 0.5) is 0 Å². The fraction of sp³-hybridized carbons (Fsp3) is 0.911. The van der Waals surface area contributed by atoms with E-state index >= 15 is 0 Å². The summed E-state index contributed by atoms with van der Waals surface area (Å²) in [5, 5.41) is 3.47. The average molecular weight is 727 g/mol. The molecule has 0 radical (unpaired) electrons. The summed E-state index contributed by atoms with van der Waals surface area (Å²) < 4.78 is 6.11. The van der Waals surface area contributed by atoms with E-state index in [1.807, 2.05) is 32.6 Å². The summed E-state index contributed by atoms with van der Waals surface area (Å²) in [4.78, 5) is 28.4. The van der Waals surface area contributed by atoms with Gasteiger partial charge in [0.1, 0.15) is 6.10 Å². The molecule has 8 atom stereocenters. The quantitative estimate of drug-likeness (QED) is 0.0656. The maximum atomic E-state index is 13.4. The Balaban J connectivity index is 1.25. The number of hydrogen-bond acceptors (Lipinski definition) is 6. The van der Waals surface area contributed by atoms with Crippen LogP contribution in [0.15, 0.2) is 11.6 Å². The fourth-order valence-electron chi connectivity index (χ4n) is 11.2. The first kappa shape index (κ1) is 43.3. The molecular formula is C45H82N4O3. The van der Waals surface area contributed by atoms with Crippen molar-refractivity contribution in [3.8, 4) is 0 Å². The lowest BCUT2D eigenvalue weighted by atomic mass is 9.47. The highest BCUT2D eigenvalue weighted by atomic mass is 16.5. The van der Waals surface area contributed by atoms with Gasteiger partial charge in [-0.15, -0.1) is 0 Å². The van der Waals surface area contributed by atoms with Crippen molar-refractivity contribution in [1.82, 2.24) is 10.2 Å². The van der Waals surface area contributed by atoms with Crippen molar-refractivity contribution >= 4 is 11.9 Å². The van der Waals surface area contributed by atoms with Crippen molar-refractivity contribution in [3.63, 3.8) is 0 Å². The average Bonchev–Trinajstić information content (AvgIpc) is 3.41. The summed E-state index contributed by atoms with van der Waals surface area (Å²) in [6.45, 7) is 23.7. The number of nitrogens with two attached hydrogens (primary N) is 2. The third-order valence-electron chi connectivity index (χ3n) is 14.5. The highest BCUT2D eigenvalue weighted by molar-refractivity contribution is 5.81. The second-order valence-electron chi connectivity index (χ2n) is 20.5. The Hall–Kier alpha value is -1.44. The maximum absolute atomic E-state index is 13.4. The Bertz CT molecular complexity index is 1190. The van der Waals surface area contributed by atoms with Crippen LogP contribution < -0.4 is 16.8 Å². The molecule has 0 aromatic carbocycles. The van der Waals surface area contributed by atoms with Crippen LogP contribution in [0.3, 0.4) is 0 Å². The topological polar surface area (TPSA) is 111 Å². The summed E-state index contributed by atoms with van der Waals surface area (Å²) in [6.07, 6.45) is 20.3. The normalized spacial score (nSPS) is 31.0. The molecule has 3 fully saturated rings. The summed E-state index contributed by atoms with van der Waals surface area (Å²) in [5.41, 5.74) is 14.1. The molecule has 0 aliphatic heterocycles. The lowest BCUT2D eigenvalue weighted by molar-refractivity contribution is -0.153. The van der Waals surface area contributed by atoms with E-state index in [2.05, 4.69) is 46.0 Å². The van der Waals surface area contributed by atoms with Crippen LogP contribution in [0.2, 0.25) is 0 Å². The van der Waals surface area contributed by atoms with Gasteiger partial charge in [-0.1, -0.05) is 65.5 Å². The fourth-order valence-corrected chi connectivity index (χ4v) is 11.2. The first-order chi connectivity index (χ1) is 24.3. The maximum Gasteiger partial charge on any atom is 0.306 e. The number of nitrogens with zero attached hydrogens (tertiary/aromatic N) is 1. The van der Waals surface area contributed by atoms with Crippen molar-refractivity contribution in [3.05, 3.63) is 11.6 Å². The smallest absolute Gasteiger partial charge is 0.306 e. The zero-order valence-electron chi connectivity index (χ0n) is 35.3. The monoisotopic (exact) mass is 727 g/mol. The van der Waals surface area contributed by atoms with E-state index in [0.717, 1.165) is 93.5 Å². The van der Waals surface area contributed by atoms with Crippen molar-refractivity contribution in [2.75, 3.05) is 26.2 Å². The molecule has 0 spiro atoms. The first-order valence-corrected chi connectivity index (χ1v) is 21.8. The van der Waals surface area contributed by atoms with Crippen LogP contribution in [-0.4, -0.2) is 60.1 Å². The van der Waals surface area contributed by atoms with Gasteiger partial charge in [0.05, 0.1) is 6.42 Å². The van der Waals surface area contributed by atoms with E-state index in [-0.39, 0.29) is 47.3 Å². The molecule has 0 bridgehead atoms. The molecule has 0 heterocycles. The van der Waals surface area contributed by atoms with E-state index < -0.39 is 0 Å². The van der Waals surface area contributed by atoms with Gasteiger partial charge in [0.2, 0.25) is 5.91 Å². The number of carbonyl (C=O) groups is 2. The Labute approximate surface area is 320 Å². The molecule has 7 nitrogen and oxygen atoms in total. The Morgan fingerprint density at radius 3 is 2.31 bits per heavy atom. The number of esters is 1. The molecule has 7 heteroatoms. The van der Waals surface area contributed by atoms with E-state index in [1.165, 1.54) is 51.4 Å². The van der Waals surface area contributed by atoms with E-state index in [0.29, 0.717) is 18.5 Å². The summed E-state index contributed by atoms with van der Waals surface area (Å²) in [5.74, 6) is 4.75. The second kappa shape index (κ2) is 18.5. The van der Waals surface area contributed by atoms with Gasteiger partial charge >= 0.3 is 5.97 Å². The van der Waals surface area contributed by atoms with Gasteiger partial charge in [-0.2, -0.15) is 0 Å². The number of fused-ring (bicyclic) bond motifs is 5. The molecule has 8 unspecified atom stereocenters. The second-order valence-corrected chi connectivity index (χ2v) is 20.5. The third kappa shape index (κ3) is 11.8. The number of ether oxygens (including phenoxy) is 1. The van der Waals surface area contributed by atoms with E-state index in [4.69, 9.17) is 16.2 Å². The molecular weight excluding hydrogens is 645 g/mol. The SMILES string of the molecule is CC(C)CCCC(C)C1CCC2C3CC=C4CC(OC(=O)CCC(=O)N(CCCCNCCC(C)(C)N)CCC(C)(C)N)CCC4(C)C3CCC12C. The summed E-state index contributed by atoms with van der Waals surface area (Å²) >= 11 is 0. The van der Waals surface area contributed by atoms with Crippen molar-refractivity contribution in [2.24, 2.45) is 57.8 Å². The Morgan fingerprint density at radius 1 is 0.885 bits per heavy atom. The van der Waals surface area contributed by atoms with Crippen LogP contribution in [0, 0.1) is 46.3 Å². The minimum absolute atomic E-state index is 0.0275. The number of unbranched alkanes of at least 4 members (excludes halogenated alkanes) is 1. The van der Waals surface area contributed by atoms with E-state index in [1.54, 1.807) is 5.57 Å². The largest absolute Gasteiger partial charge is 0.462 e. The van der Waals surface area contributed by atoms with Crippen LogP contribution in [0.1, 0.15) is 171 Å². The van der Waals surface area contributed by atoms with Gasteiger partial charge in [0.25, 0.3) is 0 Å². The zero-order valence-corrected chi connectivity index (χ0v) is 35.3. The van der Waals surface area contributed by atoms with Crippen molar-refractivity contribution < 1.29 is 14.3 Å². The molecule has 0 saturated heterocycles. The number of hydrogen-bond donors (Lipinski definition) is 3. The minimum Gasteiger partial charge on any atom is -0.462 e. The van der Waals surface area contributed by atoms with E-state index in [9.17, 15) is 9.59 Å². The van der Waals surface area contributed by atoms with Gasteiger partial charge in [-0.25, -0.2) is 0 Å². The first-order valence-electron chi connectivity index (χ1n) is 21.8. The molecule has 1 amide bonds. The molecule has 52 heavy (non-hydrogen) atoms. The van der Waals surface area contributed by atoms with Gasteiger partial charge in [0.15, 0.2) is 0 Å². The molecule has 4 rings (SSSR count). The number of rotatable bonds is 20. The molecule has 5 N–H and O–H groups in total. The molecule has 300 valence electrons.